The third-order valence-corrected chi connectivity index (χ3v) is 3.93. The van der Waals surface area contributed by atoms with Crippen LogP contribution in [0.15, 0.2) is 17.6 Å². The second-order valence-corrected chi connectivity index (χ2v) is 4.82. The van der Waals surface area contributed by atoms with E-state index in [1.54, 1.807) is 6.20 Å². The quantitative estimate of drug-likeness (QED) is 0.847. The first-order chi connectivity index (χ1) is 7.74. The second-order valence-electron chi connectivity index (χ2n) is 3.91. The Bertz CT molecular complexity index is 528. The number of carbonyl (C=O) groups is 1. The van der Waals surface area contributed by atoms with Crippen LogP contribution >= 0.6 is 11.3 Å². The van der Waals surface area contributed by atoms with Crippen LogP contribution in [0.1, 0.15) is 33.8 Å². The number of aromatic carboxylic acids is 1. The third-order valence-electron chi connectivity index (χ3n) is 3.03. The van der Waals surface area contributed by atoms with Crippen molar-refractivity contribution >= 4 is 17.3 Å². The van der Waals surface area contributed by atoms with Gasteiger partial charge in [-0.1, -0.05) is 0 Å². The average Bonchev–Trinajstić information content (AvgIpc) is 2.75. The minimum Gasteiger partial charge on any atom is -0.477 e. The number of carboxylic acid groups (broad SMARTS) is 1. The van der Waals surface area contributed by atoms with Crippen molar-refractivity contribution in [1.82, 2.24) is 15.4 Å². The maximum Gasteiger partial charge on any atom is 0.346 e. The van der Waals surface area contributed by atoms with E-state index in [1.165, 1.54) is 11.3 Å². The fourth-order valence-electron chi connectivity index (χ4n) is 2.07. The molecule has 0 aliphatic heterocycles. The van der Waals surface area contributed by atoms with Crippen molar-refractivity contribution in [3.63, 3.8) is 0 Å². The molecule has 1 fully saturated rings. The maximum atomic E-state index is 11.1. The topological polar surface area (TPSA) is 78.9 Å². The van der Waals surface area contributed by atoms with Gasteiger partial charge < -0.3 is 5.11 Å². The minimum absolute atomic E-state index is 0.208. The van der Waals surface area contributed by atoms with Crippen molar-refractivity contribution in [3.8, 4) is 0 Å². The van der Waals surface area contributed by atoms with E-state index in [1.807, 2.05) is 11.4 Å². The zero-order valence-electron chi connectivity index (χ0n) is 8.30. The normalized spacial score (nSPS) is 17.2. The fourth-order valence-corrected chi connectivity index (χ4v) is 2.90. The summed E-state index contributed by atoms with van der Waals surface area (Å²) in [6.45, 7) is 0. The highest BCUT2D eigenvalue weighted by atomic mass is 32.1. The number of thiophene rings is 1. The summed E-state index contributed by atoms with van der Waals surface area (Å²) in [5.41, 5.74) is 1.51. The zero-order chi connectivity index (χ0) is 11.2. The summed E-state index contributed by atoms with van der Waals surface area (Å²) in [5.74, 6) is -0.861. The lowest BCUT2D eigenvalue weighted by atomic mass is 9.93. The lowest BCUT2D eigenvalue weighted by Gasteiger charge is -2.10. The van der Waals surface area contributed by atoms with Gasteiger partial charge in [0.05, 0.1) is 11.9 Å². The van der Waals surface area contributed by atoms with Crippen molar-refractivity contribution < 1.29 is 9.90 Å². The highest BCUT2D eigenvalue weighted by Gasteiger charge is 2.50. The van der Waals surface area contributed by atoms with Gasteiger partial charge in [0.2, 0.25) is 0 Å². The monoisotopic (exact) mass is 235 g/mol. The molecule has 0 saturated heterocycles. The Hall–Kier alpha value is -1.69. The van der Waals surface area contributed by atoms with Gasteiger partial charge in [-0.3, -0.25) is 0 Å². The van der Waals surface area contributed by atoms with Crippen LogP contribution < -0.4 is 0 Å². The lowest BCUT2D eigenvalue weighted by Crippen LogP contribution is -2.12. The highest BCUT2D eigenvalue weighted by Crippen LogP contribution is 2.54. The summed E-state index contributed by atoms with van der Waals surface area (Å²) in [5, 5.41) is 21.4. The molecule has 82 valence electrons. The highest BCUT2D eigenvalue weighted by molar-refractivity contribution is 7.12. The van der Waals surface area contributed by atoms with E-state index < -0.39 is 5.97 Å². The number of H-pyrrole nitrogens is 1. The van der Waals surface area contributed by atoms with Gasteiger partial charge in [0.25, 0.3) is 0 Å². The Morgan fingerprint density at radius 3 is 2.94 bits per heavy atom. The van der Waals surface area contributed by atoms with E-state index in [0.717, 1.165) is 24.1 Å². The van der Waals surface area contributed by atoms with Crippen LogP contribution in [0.5, 0.6) is 0 Å². The van der Waals surface area contributed by atoms with Crippen molar-refractivity contribution in [2.75, 3.05) is 0 Å². The number of nitrogens with one attached hydrogen (secondary N) is 1. The number of aromatic nitrogens is 3. The largest absolute Gasteiger partial charge is 0.477 e. The van der Waals surface area contributed by atoms with Gasteiger partial charge in [0, 0.05) is 5.41 Å². The summed E-state index contributed by atoms with van der Waals surface area (Å²) < 4.78 is 0. The number of aromatic amines is 1. The maximum absolute atomic E-state index is 11.1. The van der Waals surface area contributed by atoms with Crippen molar-refractivity contribution in [3.05, 3.63) is 33.8 Å². The number of carboxylic acids is 1. The van der Waals surface area contributed by atoms with E-state index in [0.29, 0.717) is 4.88 Å². The first-order valence-electron chi connectivity index (χ1n) is 4.91. The van der Waals surface area contributed by atoms with Crippen LogP contribution in [0.2, 0.25) is 0 Å². The summed E-state index contributed by atoms with van der Waals surface area (Å²) in [7, 11) is 0. The molecule has 0 radical (unpaired) electrons. The zero-order valence-corrected chi connectivity index (χ0v) is 9.12. The molecule has 2 aromatic rings. The average molecular weight is 235 g/mol. The number of hydrogen-bond acceptors (Lipinski definition) is 4. The Balaban J connectivity index is 2.10. The van der Waals surface area contributed by atoms with E-state index >= 15 is 0 Å². The van der Waals surface area contributed by atoms with Gasteiger partial charge in [-0.15, -0.1) is 11.3 Å². The van der Waals surface area contributed by atoms with Gasteiger partial charge in [-0.2, -0.15) is 15.4 Å². The van der Waals surface area contributed by atoms with Crippen LogP contribution in [-0.4, -0.2) is 26.5 Å². The predicted octanol–water partition coefficient (Wildman–Crippen LogP) is 1.64. The van der Waals surface area contributed by atoms with Crippen LogP contribution in [0.25, 0.3) is 0 Å². The lowest BCUT2D eigenvalue weighted by molar-refractivity contribution is 0.0700. The Kier molecular flexibility index (Phi) is 1.88. The van der Waals surface area contributed by atoms with Crippen LogP contribution in [0, 0.1) is 0 Å². The SMILES string of the molecule is O=C(O)c1sccc1C1(c2cn[nH]n2)CC1. The van der Waals surface area contributed by atoms with E-state index in [9.17, 15) is 4.79 Å². The Morgan fingerprint density at radius 1 is 1.56 bits per heavy atom. The molecule has 1 aliphatic rings. The smallest absolute Gasteiger partial charge is 0.346 e. The molecule has 6 heteroatoms. The molecule has 0 bridgehead atoms. The van der Waals surface area contributed by atoms with Crippen LogP contribution in [0.3, 0.4) is 0 Å². The molecule has 16 heavy (non-hydrogen) atoms. The molecule has 3 rings (SSSR count). The first-order valence-corrected chi connectivity index (χ1v) is 5.79. The van der Waals surface area contributed by atoms with Crippen molar-refractivity contribution in [1.29, 1.82) is 0 Å². The summed E-state index contributed by atoms with van der Waals surface area (Å²) >= 11 is 1.26. The molecular formula is C10H9N3O2S. The molecule has 0 spiro atoms. The molecule has 2 heterocycles. The summed E-state index contributed by atoms with van der Waals surface area (Å²) in [6, 6.07) is 1.88. The minimum atomic E-state index is -0.861. The summed E-state index contributed by atoms with van der Waals surface area (Å²) in [6.07, 6.45) is 3.56. The molecule has 2 N–H and O–H groups in total. The van der Waals surface area contributed by atoms with Crippen molar-refractivity contribution in [2.24, 2.45) is 0 Å². The molecule has 1 saturated carbocycles. The van der Waals surface area contributed by atoms with Crippen molar-refractivity contribution in [2.45, 2.75) is 18.3 Å². The molecule has 2 aromatic heterocycles. The Morgan fingerprint density at radius 2 is 2.38 bits per heavy atom. The number of nitrogens with zero attached hydrogens (tertiary/aromatic N) is 2. The Labute approximate surface area is 95.1 Å². The van der Waals surface area contributed by atoms with E-state index in [2.05, 4.69) is 15.4 Å². The van der Waals surface area contributed by atoms with Crippen LogP contribution in [0.4, 0.5) is 0 Å². The van der Waals surface area contributed by atoms with E-state index in [-0.39, 0.29) is 5.41 Å². The fraction of sp³-hybridized carbons (Fsp3) is 0.300. The first kappa shape index (κ1) is 9.53. The van der Waals surface area contributed by atoms with Gasteiger partial charge in [-0.25, -0.2) is 4.79 Å². The molecule has 5 nitrogen and oxygen atoms in total. The molecular weight excluding hydrogens is 226 g/mol. The predicted molar refractivity (Wildman–Crippen MR) is 57.7 cm³/mol. The standard InChI is InChI=1S/C10H9N3O2S/c14-9(15)8-6(1-4-16-8)10(2-3-10)7-5-11-13-12-7/h1,4-5H,2-3H2,(H,14,15)(H,11,12,13). The van der Waals surface area contributed by atoms with Gasteiger partial charge in [0.15, 0.2) is 0 Å². The number of rotatable bonds is 3. The van der Waals surface area contributed by atoms with E-state index in [4.69, 9.17) is 5.11 Å². The van der Waals surface area contributed by atoms with Crippen LogP contribution in [-0.2, 0) is 5.41 Å². The molecule has 0 amide bonds. The van der Waals surface area contributed by atoms with Gasteiger partial charge >= 0.3 is 5.97 Å². The molecule has 0 aromatic carbocycles. The molecule has 1 aliphatic carbocycles. The third kappa shape index (κ3) is 1.19. The second kappa shape index (κ2) is 3.15. The number of hydrogen-bond donors (Lipinski definition) is 2. The molecule has 0 atom stereocenters. The molecule has 0 unspecified atom stereocenters. The van der Waals surface area contributed by atoms with Gasteiger partial charge in [0.1, 0.15) is 4.88 Å². The van der Waals surface area contributed by atoms with Gasteiger partial charge in [-0.05, 0) is 29.9 Å². The summed E-state index contributed by atoms with van der Waals surface area (Å²) in [4.78, 5) is 11.5.